The number of nitrogens with zero attached hydrogens (tertiary/aromatic N) is 2. The Labute approximate surface area is 260 Å². The summed E-state index contributed by atoms with van der Waals surface area (Å²) in [6.07, 6.45) is 17.9. The lowest BCUT2D eigenvalue weighted by Crippen LogP contribution is -2.19. The van der Waals surface area contributed by atoms with Gasteiger partial charge in [0.2, 0.25) is 0 Å². The van der Waals surface area contributed by atoms with E-state index in [1.54, 1.807) is 0 Å². The number of fused-ring (bicyclic) bond motifs is 3. The fraction of sp³-hybridized carbons (Fsp3) is 0.316. The van der Waals surface area contributed by atoms with Crippen LogP contribution in [0.5, 0.6) is 0 Å². The number of benzene rings is 3. The SMILES string of the molecule is C#C.C#C.CC1C(NCc2ncc(-c3ccc(C#Cc4ccc5c(ccc6[nH]c(CNC7C(C)[C@H]7C)nc65)c4)cc3)[nH]2)[C@@H]1C. The molecule has 6 atom stereocenters. The molecule has 2 saturated carbocycles. The molecule has 4 N–H and O–H groups in total. The summed E-state index contributed by atoms with van der Waals surface area (Å²) in [5, 5.41) is 9.53. The zero-order valence-corrected chi connectivity index (χ0v) is 25.9. The van der Waals surface area contributed by atoms with Crippen LogP contribution in [-0.4, -0.2) is 32.0 Å². The van der Waals surface area contributed by atoms with Gasteiger partial charge in [-0.3, -0.25) is 0 Å². The van der Waals surface area contributed by atoms with Crippen LogP contribution in [-0.2, 0) is 13.1 Å². The van der Waals surface area contributed by atoms with Gasteiger partial charge in [0.25, 0.3) is 0 Å². The van der Waals surface area contributed by atoms with Gasteiger partial charge in [0.1, 0.15) is 11.6 Å². The van der Waals surface area contributed by atoms with Crippen molar-refractivity contribution in [2.45, 2.75) is 52.9 Å². The quantitative estimate of drug-likeness (QED) is 0.166. The molecular weight excluding hydrogens is 540 g/mol. The van der Waals surface area contributed by atoms with Crippen LogP contribution in [0.4, 0.5) is 0 Å². The Morgan fingerprint density at radius 2 is 1.30 bits per heavy atom. The first kappa shape index (κ1) is 30.7. The molecule has 7 rings (SSSR count). The maximum Gasteiger partial charge on any atom is 0.121 e. The van der Waals surface area contributed by atoms with E-state index >= 15 is 0 Å². The molecule has 0 saturated heterocycles. The molecule has 2 fully saturated rings. The Bertz CT molecular complexity index is 1820. The highest BCUT2D eigenvalue weighted by atomic mass is 15.0. The fourth-order valence-electron chi connectivity index (χ4n) is 5.99. The zero-order chi connectivity index (χ0) is 31.4. The van der Waals surface area contributed by atoms with Gasteiger partial charge in [0.05, 0.1) is 36.0 Å². The van der Waals surface area contributed by atoms with E-state index in [0.717, 1.165) is 92.6 Å². The Hall–Kier alpha value is -4.80. The number of rotatable bonds is 7. The van der Waals surface area contributed by atoms with Crippen LogP contribution in [0.2, 0.25) is 0 Å². The molecule has 2 aliphatic carbocycles. The number of hydrogen-bond donors (Lipinski definition) is 4. The number of terminal acetylenes is 2. The molecule has 2 aliphatic rings. The van der Waals surface area contributed by atoms with Crippen molar-refractivity contribution < 1.29 is 0 Å². The summed E-state index contributed by atoms with van der Waals surface area (Å²) in [6.45, 7) is 10.7. The molecule has 2 aromatic heterocycles. The van der Waals surface area contributed by atoms with Gasteiger partial charge in [-0.05, 0) is 65.0 Å². The molecule has 0 spiro atoms. The molecule has 44 heavy (non-hydrogen) atoms. The first-order chi connectivity index (χ1) is 21.4. The van der Waals surface area contributed by atoms with Crippen LogP contribution < -0.4 is 10.6 Å². The molecule has 222 valence electrons. The van der Waals surface area contributed by atoms with E-state index < -0.39 is 0 Å². The lowest BCUT2D eigenvalue weighted by Gasteiger charge is -2.01. The highest BCUT2D eigenvalue weighted by molar-refractivity contribution is 6.04. The highest BCUT2D eigenvalue weighted by Gasteiger charge is 2.42. The van der Waals surface area contributed by atoms with Crippen molar-refractivity contribution in [2.75, 3.05) is 0 Å². The second kappa shape index (κ2) is 13.2. The molecule has 2 heterocycles. The highest BCUT2D eigenvalue weighted by Crippen LogP contribution is 2.38. The van der Waals surface area contributed by atoms with Crippen molar-refractivity contribution in [3.8, 4) is 48.8 Å². The molecule has 4 unspecified atom stereocenters. The number of aromatic nitrogens is 4. The minimum Gasteiger partial charge on any atom is -0.341 e. The van der Waals surface area contributed by atoms with Gasteiger partial charge in [-0.15, -0.1) is 25.7 Å². The first-order valence-corrected chi connectivity index (χ1v) is 15.2. The standard InChI is InChI=1S/C34H36N6.2C2H2/c1-19-20(2)32(19)36-17-30-35-16-29(39-30)25-10-7-23(8-11-25)5-6-24-9-13-27-26(15-24)12-14-28-34(27)40-31(38-28)18-37-33-21(3)22(33)4;2*1-2/h7-16,19-22,32-33,36-37H,17-18H2,1-4H3,(H,35,39)(H,38,40);2*1-2H/t19-,20?,21-,22?,32?,33?;;/m1../s1. The van der Waals surface area contributed by atoms with Gasteiger partial charge < -0.3 is 20.6 Å². The predicted molar refractivity (Wildman–Crippen MR) is 181 cm³/mol. The van der Waals surface area contributed by atoms with Crippen molar-refractivity contribution in [2.24, 2.45) is 23.7 Å². The van der Waals surface area contributed by atoms with E-state index in [9.17, 15) is 0 Å². The topological polar surface area (TPSA) is 81.4 Å². The molecule has 6 nitrogen and oxygen atoms in total. The van der Waals surface area contributed by atoms with E-state index in [1.165, 1.54) is 0 Å². The van der Waals surface area contributed by atoms with Crippen LogP contribution >= 0.6 is 0 Å². The molecule has 6 heteroatoms. The largest absolute Gasteiger partial charge is 0.341 e. The van der Waals surface area contributed by atoms with Crippen molar-refractivity contribution in [1.29, 1.82) is 0 Å². The molecule has 0 amide bonds. The Balaban J connectivity index is 0.000000924. The number of H-pyrrole nitrogens is 2. The first-order valence-electron chi connectivity index (χ1n) is 15.2. The fourth-order valence-corrected chi connectivity index (χ4v) is 5.99. The third kappa shape index (κ3) is 6.41. The molecule has 0 aliphatic heterocycles. The molecule has 3 aromatic carbocycles. The summed E-state index contributed by atoms with van der Waals surface area (Å²) in [6, 6.07) is 20.2. The van der Waals surface area contributed by atoms with Crippen molar-refractivity contribution in [3.05, 3.63) is 83.6 Å². The monoisotopic (exact) mass is 580 g/mol. The van der Waals surface area contributed by atoms with Crippen molar-refractivity contribution in [1.82, 2.24) is 30.6 Å². The lowest BCUT2D eigenvalue weighted by molar-refractivity contribution is 0.622. The Morgan fingerprint density at radius 1 is 0.705 bits per heavy atom. The second-order valence-electron chi connectivity index (χ2n) is 11.9. The number of imidazole rings is 2. The van der Waals surface area contributed by atoms with Crippen LogP contribution in [0.15, 0.2) is 60.8 Å². The van der Waals surface area contributed by atoms with Crippen molar-refractivity contribution >= 4 is 21.8 Å². The lowest BCUT2D eigenvalue weighted by atomic mass is 10.1. The zero-order valence-electron chi connectivity index (χ0n) is 25.9. The van der Waals surface area contributed by atoms with E-state index in [2.05, 4.69) is 145 Å². The minimum absolute atomic E-state index is 0.605. The molecular formula is C38H40N6. The summed E-state index contributed by atoms with van der Waals surface area (Å²) >= 11 is 0. The van der Waals surface area contributed by atoms with Crippen molar-refractivity contribution in [3.63, 3.8) is 0 Å². The van der Waals surface area contributed by atoms with E-state index in [4.69, 9.17) is 4.98 Å². The van der Waals surface area contributed by atoms with Crippen LogP contribution in [0.1, 0.15) is 50.5 Å². The Morgan fingerprint density at radius 3 is 1.93 bits per heavy atom. The Kier molecular flexibility index (Phi) is 9.22. The third-order valence-corrected chi connectivity index (χ3v) is 9.35. The minimum atomic E-state index is 0.605. The normalized spacial score (nSPS) is 23.0. The predicted octanol–water partition coefficient (Wildman–Crippen LogP) is 6.49. The second-order valence-corrected chi connectivity index (χ2v) is 11.9. The summed E-state index contributed by atoms with van der Waals surface area (Å²) in [7, 11) is 0. The number of hydrogen-bond acceptors (Lipinski definition) is 4. The van der Waals surface area contributed by atoms with Crippen LogP contribution in [0.3, 0.4) is 0 Å². The van der Waals surface area contributed by atoms with Gasteiger partial charge in [-0.25, -0.2) is 9.97 Å². The molecule has 5 aromatic rings. The van der Waals surface area contributed by atoms with Gasteiger partial charge >= 0.3 is 0 Å². The van der Waals surface area contributed by atoms with Gasteiger partial charge in [-0.2, -0.15) is 0 Å². The smallest absolute Gasteiger partial charge is 0.121 e. The van der Waals surface area contributed by atoms with E-state index in [-0.39, 0.29) is 0 Å². The van der Waals surface area contributed by atoms with E-state index in [0.29, 0.717) is 12.1 Å². The summed E-state index contributed by atoms with van der Waals surface area (Å²) in [4.78, 5) is 16.4. The van der Waals surface area contributed by atoms with Gasteiger partial charge in [0, 0.05) is 28.6 Å². The summed E-state index contributed by atoms with van der Waals surface area (Å²) in [5.41, 5.74) is 6.23. The maximum atomic E-state index is 4.91. The summed E-state index contributed by atoms with van der Waals surface area (Å²) < 4.78 is 0. The average Bonchev–Trinajstić information content (AvgIpc) is 3.58. The third-order valence-electron chi connectivity index (χ3n) is 9.35. The number of aromatic amines is 2. The number of nitrogens with one attached hydrogen (secondary N) is 4. The van der Waals surface area contributed by atoms with Crippen LogP contribution in [0, 0.1) is 61.2 Å². The van der Waals surface area contributed by atoms with Gasteiger partial charge in [0.15, 0.2) is 0 Å². The molecule has 0 bridgehead atoms. The van der Waals surface area contributed by atoms with Gasteiger partial charge in [-0.1, -0.05) is 63.8 Å². The van der Waals surface area contributed by atoms with E-state index in [1.807, 2.05) is 6.20 Å². The van der Waals surface area contributed by atoms with Crippen LogP contribution in [0.25, 0.3) is 33.1 Å². The average molecular weight is 581 g/mol. The maximum absolute atomic E-state index is 4.91. The molecule has 0 radical (unpaired) electrons. The summed E-state index contributed by atoms with van der Waals surface area (Å²) in [5.74, 6) is 11.6.